The number of hydrogen-bond acceptors (Lipinski definition) is 2. The van der Waals surface area contributed by atoms with Crippen molar-refractivity contribution in [2.75, 3.05) is 0 Å². The zero-order chi connectivity index (χ0) is 13.9. The smallest absolute Gasteiger partial charge is 0.0658 e. The highest BCUT2D eigenvalue weighted by Crippen LogP contribution is 2.16. The van der Waals surface area contributed by atoms with E-state index in [1.54, 1.807) is 6.21 Å². The van der Waals surface area contributed by atoms with Crippen molar-refractivity contribution in [1.29, 1.82) is 0 Å². The van der Waals surface area contributed by atoms with Crippen LogP contribution in [0.15, 0.2) is 70.3 Å². The van der Waals surface area contributed by atoms with Gasteiger partial charge in [-0.2, -0.15) is 0 Å². The Labute approximate surface area is 115 Å². The molecule has 1 rings (SSSR count). The monoisotopic (exact) mass is 252 g/mol. The highest BCUT2D eigenvalue weighted by molar-refractivity contribution is 5.76. The van der Waals surface area contributed by atoms with Gasteiger partial charge < -0.3 is 0 Å². The van der Waals surface area contributed by atoms with Gasteiger partial charge in [0.05, 0.1) is 11.4 Å². The van der Waals surface area contributed by atoms with E-state index in [4.69, 9.17) is 0 Å². The van der Waals surface area contributed by atoms with Crippen molar-refractivity contribution >= 4 is 18.6 Å². The summed E-state index contributed by atoms with van der Waals surface area (Å²) >= 11 is 0. The largest absolute Gasteiger partial charge is 0.265 e. The number of allylic oxidation sites excluding steroid dienone is 5. The zero-order valence-electron chi connectivity index (χ0n) is 11.6. The molecule has 0 aliphatic carbocycles. The summed E-state index contributed by atoms with van der Waals surface area (Å²) in [5, 5.41) is 0. The number of rotatable bonds is 6. The van der Waals surface area contributed by atoms with E-state index in [0.717, 1.165) is 23.4 Å². The molecular formula is C17H20N2. The molecule has 0 unspecified atom stereocenters. The summed E-state index contributed by atoms with van der Waals surface area (Å²) in [6.45, 7) is 7.69. The Morgan fingerprint density at radius 1 is 1.26 bits per heavy atom. The van der Waals surface area contributed by atoms with Crippen LogP contribution in [0.5, 0.6) is 0 Å². The predicted molar refractivity (Wildman–Crippen MR) is 85.5 cm³/mol. The second-order valence-corrected chi connectivity index (χ2v) is 4.01. The maximum Gasteiger partial charge on any atom is 0.0658 e. The number of aryl methyl sites for hydroxylation is 1. The normalized spacial score (nSPS) is 12.8. The average Bonchev–Trinajstić information content (AvgIpc) is 2.43. The van der Waals surface area contributed by atoms with Gasteiger partial charge >= 0.3 is 0 Å². The molecule has 2 nitrogen and oxygen atoms in total. The highest BCUT2D eigenvalue weighted by atomic mass is 14.7. The van der Waals surface area contributed by atoms with Gasteiger partial charge in [0.2, 0.25) is 0 Å². The van der Waals surface area contributed by atoms with Crippen molar-refractivity contribution in [3.63, 3.8) is 0 Å². The fraction of sp³-hybridized carbons (Fsp3) is 0.176. The summed E-state index contributed by atoms with van der Waals surface area (Å²) in [6, 6.07) is 8.01. The minimum Gasteiger partial charge on any atom is -0.265 e. The molecule has 1 aromatic rings. The van der Waals surface area contributed by atoms with Crippen LogP contribution in [0.25, 0.3) is 0 Å². The summed E-state index contributed by atoms with van der Waals surface area (Å²) in [5.74, 6) is 0. The van der Waals surface area contributed by atoms with Crippen molar-refractivity contribution in [3.8, 4) is 0 Å². The molecule has 1 aromatic carbocycles. The summed E-state index contributed by atoms with van der Waals surface area (Å²) in [5.41, 5.74) is 2.91. The Morgan fingerprint density at radius 3 is 2.74 bits per heavy atom. The molecule has 0 spiro atoms. The molecule has 2 heteroatoms. The molecule has 0 saturated heterocycles. The molecule has 0 heterocycles. The summed E-state index contributed by atoms with van der Waals surface area (Å²) in [4.78, 5) is 8.34. The topological polar surface area (TPSA) is 24.7 Å². The minimum absolute atomic E-state index is 0.790. The Kier molecular flexibility index (Phi) is 6.88. The van der Waals surface area contributed by atoms with E-state index in [2.05, 4.69) is 29.7 Å². The van der Waals surface area contributed by atoms with E-state index in [1.807, 2.05) is 55.5 Å². The molecule has 0 amide bonds. The Balaban J connectivity index is 2.72. The summed E-state index contributed by atoms with van der Waals surface area (Å²) < 4.78 is 0. The number of benzene rings is 1. The van der Waals surface area contributed by atoms with E-state index in [1.165, 1.54) is 0 Å². The highest BCUT2D eigenvalue weighted by Gasteiger charge is 1.90. The molecule has 0 atom stereocenters. The lowest BCUT2D eigenvalue weighted by atomic mass is 10.2. The van der Waals surface area contributed by atoms with Crippen LogP contribution in [0.2, 0.25) is 0 Å². The third kappa shape index (κ3) is 5.77. The standard InChI is InChI=1S/C17H20N2/c1-4-5-6-7-11-16(18-3)13-14-19-17-12-9-8-10-15(17)2/h5-14H,3-4H2,1-2H3/b6-5-,11-7-,16-13-,19-14?. The third-order valence-corrected chi connectivity index (χ3v) is 2.51. The maximum atomic E-state index is 4.40. The van der Waals surface area contributed by atoms with Gasteiger partial charge in [0.15, 0.2) is 0 Å². The van der Waals surface area contributed by atoms with Crippen LogP contribution in [0.3, 0.4) is 0 Å². The first-order valence-corrected chi connectivity index (χ1v) is 6.38. The number of aliphatic imine (C=N–C) groups is 2. The first-order valence-electron chi connectivity index (χ1n) is 6.38. The van der Waals surface area contributed by atoms with E-state index >= 15 is 0 Å². The van der Waals surface area contributed by atoms with Crippen LogP contribution in [0, 0.1) is 6.92 Å². The number of nitrogens with zero attached hydrogens (tertiary/aromatic N) is 2. The van der Waals surface area contributed by atoms with E-state index in [0.29, 0.717) is 0 Å². The molecule has 0 aromatic heterocycles. The molecule has 0 fully saturated rings. The Morgan fingerprint density at radius 2 is 2.05 bits per heavy atom. The van der Waals surface area contributed by atoms with Crippen LogP contribution in [-0.2, 0) is 0 Å². The molecule has 0 radical (unpaired) electrons. The van der Waals surface area contributed by atoms with Gasteiger partial charge in [0.1, 0.15) is 0 Å². The molecule has 19 heavy (non-hydrogen) atoms. The van der Waals surface area contributed by atoms with Gasteiger partial charge in [-0.25, -0.2) is 0 Å². The number of hydrogen-bond donors (Lipinski definition) is 0. The van der Waals surface area contributed by atoms with Crippen LogP contribution in [-0.4, -0.2) is 12.9 Å². The van der Waals surface area contributed by atoms with Crippen molar-refractivity contribution < 1.29 is 0 Å². The second-order valence-electron chi connectivity index (χ2n) is 4.01. The van der Waals surface area contributed by atoms with Crippen molar-refractivity contribution in [3.05, 3.63) is 65.9 Å². The quantitative estimate of drug-likeness (QED) is 0.513. The first-order chi connectivity index (χ1) is 9.27. The first kappa shape index (κ1) is 14.8. The lowest BCUT2D eigenvalue weighted by Gasteiger charge is -1.96. The molecule has 0 saturated carbocycles. The van der Waals surface area contributed by atoms with Crippen molar-refractivity contribution in [2.45, 2.75) is 20.3 Å². The van der Waals surface area contributed by atoms with Gasteiger partial charge in [-0.15, -0.1) is 0 Å². The van der Waals surface area contributed by atoms with E-state index < -0.39 is 0 Å². The van der Waals surface area contributed by atoms with Gasteiger partial charge in [-0.3, -0.25) is 9.98 Å². The minimum atomic E-state index is 0.790. The van der Waals surface area contributed by atoms with Gasteiger partial charge in [-0.05, 0) is 43.8 Å². The number of para-hydroxylation sites is 1. The van der Waals surface area contributed by atoms with E-state index in [9.17, 15) is 0 Å². The Bertz CT molecular complexity index is 520. The second kappa shape index (κ2) is 8.81. The maximum absolute atomic E-state index is 4.40. The lowest BCUT2D eigenvalue weighted by molar-refractivity contribution is 1.22. The predicted octanol–water partition coefficient (Wildman–Crippen LogP) is 4.80. The zero-order valence-corrected chi connectivity index (χ0v) is 11.6. The fourth-order valence-electron chi connectivity index (χ4n) is 1.43. The van der Waals surface area contributed by atoms with Crippen LogP contribution < -0.4 is 0 Å². The van der Waals surface area contributed by atoms with Gasteiger partial charge in [0.25, 0.3) is 0 Å². The molecule has 0 bridgehead atoms. The Hall–Kier alpha value is -2.22. The third-order valence-electron chi connectivity index (χ3n) is 2.51. The van der Waals surface area contributed by atoms with E-state index in [-0.39, 0.29) is 0 Å². The molecule has 0 aliphatic heterocycles. The van der Waals surface area contributed by atoms with Crippen LogP contribution in [0.4, 0.5) is 5.69 Å². The molecular weight excluding hydrogens is 232 g/mol. The lowest BCUT2D eigenvalue weighted by Crippen LogP contribution is -1.76. The molecule has 0 aliphatic rings. The van der Waals surface area contributed by atoms with Crippen LogP contribution >= 0.6 is 0 Å². The van der Waals surface area contributed by atoms with Gasteiger partial charge in [-0.1, -0.05) is 43.4 Å². The fourth-order valence-corrected chi connectivity index (χ4v) is 1.43. The summed E-state index contributed by atoms with van der Waals surface area (Å²) in [7, 11) is 0. The van der Waals surface area contributed by atoms with Crippen molar-refractivity contribution in [2.24, 2.45) is 9.98 Å². The average molecular weight is 252 g/mol. The van der Waals surface area contributed by atoms with Crippen LogP contribution in [0.1, 0.15) is 18.9 Å². The molecule has 0 N–H and O–H groups in total. The van der Waals surface area contributed by atoms with Gasteiger partial charge in [0, 0.05) is 6.21 Å². The van der Waals surface area contributed by atoms with Crippen molar-refractivity contribution in [1.82, 2.24) is 0 Å². The molecule has 98 valence electrons. The summed E-state index contributed by atoms with van der Waals surface area (Å²) in [6.07, 6.45) is 12.6. The SMILES string of the molecule is C=NC(/C=C\C=C/CC)=C\C=Nc1ccccc1C.